The minimum Gasteiger partial charge on any atom is -0.325 e. The van der Waals surface area contributed by atoms with Crippen molar-refractivity contribution in [2.45, 2.75) is 32.7 Å². The molecule has 2 heteroatoms. The molecule has 0 saturated heterocycles. The van der Waals surface area contributed by atoms with Gasteiger partial charge in [-0.2, -0.15) is 0 Å². The summed E-state index contributed by atoms with van der Waals surface area (Å²) in [6.07, 6.45) is 2.71. The van der Waals surface area contributed by atoms with Gasteiger partial charge in [-0.05, 0) is 44.4 Å². The topological polar surface area (TPSA) is 38.9 Å². The number of rotatable bonds is 2. The maximum atomic E-state index is 6.07. The maximum Gasteiger partial charge on any atom is 0.0737 e. The summed E-state index contributed by atoms with van der Waals surface area (Å²) in [5.41, 5.74) is 9.45. The first-order chi connectivity index (χ1) is 7.47. The molecule has 0 unspecified atom stereocenters. The number of aromatic nitrogens is 1. The quantitative estimate of drug-likeness (QED) is 0.835. The second-order valence-electron chi connectivity index (χ2n) is 5.11. The molecule has 0 radical (unpaired) electrons. The van der Waals surface area contributed by atoms with Gasteiger partial charge in [-0.25, -0.2) is 0 Å². The van der Waals surface area contributed by atoms with Crippen molar-refractivity contribution in [3.63, 3.8) is 0 Å². The predicted molar refractivity (Wildman–Crippen MR) is 68.5 cm³/mol. The van der Waals surface area contributed by atoms with Crippen LogP contribution in [0.4, 0.5) is 0 Å². The van der Waals surface area contributed by atoms with Crippen LogP contribution in [-0.2, 0) is 6.42 Å². The lowest BCUT2D eigenvalue weighted by Crippen LogP contribution is -2.34. The van der Waals surface area contributed by atoms with Crippen molar-refractivity contribution < 1.29 is 0 Å². The van der Waals surface area contributed by atoms with E-state index in [4.69, 9.17) is 5.73 Å². The van der Waals surface area contributed by atoms with E-state index in [-0.39, 0.29) is 5.54 Å². The Hall–Kier alpha value is -1.41. The molecule has 16 heavy (non-hydrogen) atoms. The molecule has 84 valence electrons. The molecule has 2 N–H and O–H groups in total. The Balaban J connectivity index is 2.58. The molecule has 0 aliphatic rings. The zero-order valence-electron chi connectivity index (χ0n) is 10.1. The number of aryl methyl sites for hydroxylation is 1. The van der Waals surface area contributed by atoms with E-state index in [1.54, 1.807) is 0 Å². The minimum atomic E-state index is -0.195. The van der Waals surface area contributed by atoms with E-state index in [0.717, 1.165) is 11.9 Å². The predicted octanol–water partition coefficient (Wildman–Crippen LogP) is 2.82. The highest BCUT2D eigenvalue weighted by Crippen LogP contribution is 2.22. The van der Waals surface area contributed by atoms with E-state index in [0.29, 0.717) is 0 Å². The summed E-state index contributed by atoms with van der Waals surface area (Å²) in [7, 11) is 0. The fourth-order valence-corrected chi connectivity index (χ4v) is 2.01. The van der Waals surface area contributed by atoms with Crippen LogP contribution >= 0.6 is 0 Å². The molecule has 0 fully saturated rings. The zero-order valence-corrected chi connectivity index (χ0v) is 10.1. The fraction of sp³-hybridized carbons (Fsp3) is 0.357. The summed E-state index contributed by atoms with van der Waals surface area (Å²) < 4.78 is 0. The van der Waals surface area contributed by atoms with Gasteiger partial charge in [-0.1, -0.05) is 18.2 Å². The van der Waals surface area contributed by atoms with E-state index in [1.807, 2.05) is 26.1 Å². The van der Waals surface area contributed by atoms with Crippen LogP contribution in [0.1, 0.15) is 25.0 Å². The van der Waals surface area contributed by atoms with Crippen LogP contribution in [0.25, 0.3) is 10.9 Å². The Kier molecular flexibility index (Phi) is 2.68. The highest BCUT2D eigenvalue weighted by molar-refractivity contribution is 5.84. The number of para-hydroxylation sites is 1. The number of hydrogen-bond donors (Lipinski definition) is 1. The Labute approximate surface area is 96.5 Å². The smallest absolute Gasteiger partial charge is 0.0737 e. The Morgan fingerprint density at radius 3 is 2.69 bits per heavy atom. The molecule has 0 aliphatic carbocycles. The molecular formula is C14H18N2. The van der Waals surface area contributed by atoms with Gasteiger partial charge < -0.3 is 5.73 Å². The molecule has 2 rings (SSSR count). The van der Waals surface area contributed by atoms with Crippen molar-refractivity contribution >= 4 is 10.9 Å². The fourth-order valence-electron chi connectivity index (χ4n) is 2.01. The molecule has 1 aromatic heterocycles. The highest BCUT2D eigenvalue weighted by atomic mass is 14.7. The molecule has 0 spiro atoms. The third-order valence-electron chi connectivity index (χ3n) is 2.72. The molecule has 1 aromatic carbocycles. The molecule has 1 heterocycles. The normalized spacial score (nSPS) is 12.0. The SMILES string of the molecule is Cc1ccnc2c(CC(C)(C)N)cccc12. The number of nitrogens with two attached hydrogens (primary N) is 1. The van der Waals surface area contributed by atoms with Crippen molar-refractivity contribution in [2.24, 2.45) is 5.73 Å². The number of pyridine rings is 1. The third kappa shape index (κ3) is 2.22. The lowest BCUT2D eigenvalue weighted by atomic mass is 9.94. The van der Waals surface area contributed by atoms with Gasteiger partial charge in [0.1, 0.15) is 0 Å². The first-order valence-corrected chi connectivity index (χ1v) is 5.59. The molecule has 2 aromatic rings. The van der Waals surface area contributed by atoms with Gasteiger partial charge in [0.15, 0.2) is 0 Å². The van der Waals surface area contributed by atoms with Crippen molar-refractivity contribution in [3.05, 3.63) is 41.6 Å². The lowest BCUT2D eigenvalue weighted by molar-refractivity contribution is 0.518. The Morgan fingerprint density at radius 1 is 1.25 bits per heavy atom. The Morgan fingerprint density at radius 2 is 2.00 bits per heavy atom. The summed E-state index contributed by atoms with van der Waals surface area (Å²) in [5.74, 6) is 0. The van der Waals surface area contributed by atoms with Crippen LogP contribution < -0.4 is 5.73 Å². The van der Waals surface area contributed by atoms with Crippen molar-refractivity contribution in [1.29, 1.82) is 0 Å². The van der Waals surface area contributed by atoms with Gasteiger partial charge in [-0.3, -0.25) is 4.98 Å². The van der Waals surface area contributed by atoms with Gasteiger partial charge in [0.25, 0.3) is 0 Å². The molecule has 0 aliphatic heterocycles. The standard InChI is InChI=1S/C14H18N2/c1-10-7-8-16-13-11(9-14(2,3)15)5-4-6-12(10)13/h4-8H,9,15H2,1-3H3. The molecule has 0 saturated carbocycles. The summed E-state index contributed by atoms with van der Waals surface area (Å²) >= 11 is 0. The second-order valence-corrected chi connectivity index (χ2v) is 5.11. The summed E-state index contributed by atoms with van der Waals surface area (Å²) in [6, 6.07) is 8.35. The third-order valence-corrected chi connectivity index (χ3v) is 2.72. The van der Waals surface area contributed by atoms with Crippen molar-refractivity contribution in [1.82, 2.24) is 4.98 Å². The largest absolute Gasteiger partial charge is 0.325 e. The monoisotopic (exact) mass is 214 g/mol. The van der Waals surface area contributed by atoms with Crippen molar-refractivity contribution in [2.75, 3.05) is 0 Å². The van der Waals surface area contributed by atoms with E-state index >= 15 is 0 Å². The number of fused-ring (bicyclic) bond motifs is 1. The van der Waals surface area contributed by atoms with Gasteiger partial charge in [-0.15, -0.1) is 0 Å². The average molecular weight is 214 g/mol. The summed E-state index contributed by atoms with van der Waals surface area (Å²) in [4.78, 5) is 4.47. The number of hydrogen-bond acceptors (Lipinski definition) is 2. The molecular weight excluding hydrogens is 196 g/mol. The van der Waals surface area contributed by atoms with E-state index in [9.17, 15) is 0 Å². The first kappa shape index (κ1) is 11.1. The van der Waals surface area contributed by atoms with Gasteiger partial charge in [0.05, 0.1) is 5.52 Å². The summed E-state index contributed by atoms with van der Waals surface area (Å²) in [6.45, 7) is 6.20. The van der Waals surface area contributed by atoms with E-state index in [2.05, 4.69) is 30.1 Å². The molecule has 0 atom stereocenters. The van der Waals surface area contributed by atoms with E-state index in [1.165, 1.54) is 16.5 Å². The second kappa shape index (κ2) is 3.87. The first-order valence-electron chi connectivity index (χ1n) is 5.59. The van der Waals surface area contributed by atoms with Crippen LogP contribution in [0.2, 0.25) is 0 Å². The van der Waals surface area contributed by atoms with Crippen LogP contribution in [0.15, 0.2) is 30.5 Å². The minimum absolute atomic E-state index is 0.195. The van der Waals surface area contributed by atoms with Gasteiger partial charge in [0, 0.05) is 17.1 Å². The van der Waals surface area contributed by atoms with Crippen LogP contribution in [0.3, 0.4) is 0 Å². The highest BCUT2D eigenvalue weighted by Gasteiger charge is 2.14. The van der Waals surface area contributed by atoms with Crippen LogP contribution in [0.5, 0.6) is 0 Å². The lowest BCUT2D eigenvalue weighted by Gasteiger charge is -2.19. The maximum absolute atomic E-state index is 6.07. The molecule has 0 bridgehead atoms. The summed E-state index contributed by atoms with van der Waals surface area (Å²) in [5, 5.41) is 1.23. The molecule has 0 amide bonds. The van der Waals surface area contributed by atoms with Crippen LogP contribution in [0, 0.1) is 6.92 Å². The van der Waals surface area contributed by atoms with Crippen molar-refractivity contribution in [3.8, 4) is 0 Å². The Bertz CT molecular complexity index is 510. The zero-order chi connectivity index (χ0) is 11.8. The van der Waals surface area contributed by atoms with E-state index < -0.39 is 0 Å². The van der Waals surface area contributed by atoms with Gasteiger partial charge in [0.2, 0.25) is 0 Å². The van der Waals surface area contributed by atoms with Gasteiger partial charge >= 0.3 is 0 Å². The number of nitrogens with zero attached hydrogens (tertiary/aromatic N) is 1. The molecule has 2 nitrogen and oxygen atoms in total. The van der Waals surface area contributed by atoms with Crippen LogP contribution in [-0.4, -0.2) is 10.5 Å². The number of benzene rings is 1. The average Bonchev–Trinajstić information content (AvgIpc) is 2.17.